The molecule has 16 heavy (non-hydrogen) atoms. The van der Waals surface area contributed by atoms with Crippen molar-refractivity contribution in [1.29, 1.82) is 0 Å². The predicted molar refractivity (Wildman–Crippen MR) is 70.4 cm³/mol. The third kappa shape index (κ3) is 1.65. The van der Waals surface area contributed by atoms with Gasteiger partial charge in [0.15, 0.2) is 0 Å². The van der Waals surface area contributed by atoms with Crippen LogP contribution < -0.4 is 0 Å². The van der Waals surface area contributed by atoms with E-state index in [1.807, 2.05) is 11.3 Å². The van der Waals surface area contributed by atoms with E-state index in [4.69, 9.17) is 4.98 Å². The fourth-order valence-corrected chi connectivity index (χ4v) is 3.14. The fraction of sp³-hybridized carbons (Fsp3) is 0.500. The monoisotopic (exact) mass is 231 g/mol. The molecule has 0 radical (unpaired) electrons. The van der Waals surface area contributed by atoms with Crippen molar-refractivity contribution < 1.29 is 0 Å². The zero-order chi connectivity index (χ0) is 11.3. The lowest BCUT2D eigenvalue weighted by Crippen LogP contribution is -1.91. The van der Waals surface area contributed by atoms with Crippen LogP contribution in [0.4, 0.5) is 0 Å². The molecule has 1 aromatic carbocycles. The Labute approximate surface area is 101 Å². The molecule has 0 bridgehead atoms. The largest absolute Gasteiger partial charge is 0.241 e. The van der Waals surface area contributed by atoms with Crippen LogP contribution in [-0.2, 0) is 0 Å². The van der Waals surface area contributed by atoms with Crippen molar-refractivity contribution in [3.63, 3.8) is 0 Å². The van der Waals surface area contributed by atoms with E-state index in [1.165, 1.54) is 39.2 Å². The highest BCUT2D eigenvalue weighted by molar-refractivity contribution is 7.18. The molecule has 0 amide bonds. The van der Waals surface area contributed by atoms with Gasteiger partial charge in [0, 0.05) is 0 Å². The highest BCUT2D eigenvalue weighted by Crippen LogP contribution is 2.44. The normalized spacial score (nSPS) is 16.2. The van der Waals surface area contributed by atoms with E-state index < -0.39 is 0 Å². The van der Waals surface area contributed by atoms with Crippen molar-refractivity contribution in [3.05, 3.63) is 28.3 Å². The fourth-order valence-electron chi connectivity index (χ4n) is 2.23. The van der Waals surface area contributed by atoms with Crippen molar-refractivity contribution in [2.24, 2.45) is 0 Å². The van der Waals surface area contributed by atoms with E-state index in [-0.39, 0.29) is 0 Å². The lowest BCUT2D eigenvalue weighted by molar-refractivity contribution is 0.865. The molecule has 2 heteroatoms. The molecule has 3 rings (SSSR count). The molecule has 0 aliphatic heterocycles. The van der Waals surface area contributed by atoms with Crippen molar-refractivity contribution in [1.82, 2.24) is 4.98 Å². The molecular formula is C14H17NS. The van der Waals surface area contributed by atoms with Gasteiger partial charge < -0.3 is 0 Å². The summed E-state index contributed by atoms with van der Waals surface area (Å²) in [4.78, 5) is 4.69. The van der Waals surface area contributed by atoms with Gasteiger partial charge in [-0.15, -0.1) is 11.3 Å². The zero-order valence-electron chi connectivity index (χ0n) is 10.1. The average Bonchev–Trinajstić information content (AvgIpc) is 2.98. The van der Waals surface area contributed by atoms with Crippen molar-refractivity contribution >= 4 is 21.6 Å². The summed E-state index contributed by atoms with van der Waals surface area (Å²) in [6, 6.07) is 4.72. The van der Waals surface area contributed by atoms with E-state index in [0.29, 0.717) is 5.92 Å². The molecular weight excluding hydrogens is 214 g/mol. The molecule has 0 saturated heterocycles. The molecule has 1 nitrogen and oxygen atoms in total. The maximum absolute atomic E-state index is 4.69. The summed E-state index contributed by atoms with van der Waals surface area (Å²) in [5.74, 6) is 1.41. The molecule has 1 aliphatic rings. The van der Waals surface area contributed by atoms with Crippen LogP contribution in [0.5, 0.6) is 0 Å². The van der Waals surface area contributed by atoms with E-state index in [0.717, 1.165) is 5.92 Å². The Bertz CT molecular complexity index is 535. The minimum atomic E-state index is 0.615. The van der Waals surface area contributed by atoms with Crippen LogP contribution in [-0.4, -0.2) is 4.98 Å². The number of hydrogen-bond acceptors (Lipinski definition) is 2. The van der Waals surface area contributed by atoms with Gasteiger partial charge in [0.05, 0.1) is 15.2 Å². The predicted octanol–water partition coefficient (Wildman–Crippen LogP) is 4.61. The van der Waals surface area contributed by atoms with E-state index in [2.05, 4.69) is 32.9 Å². The second kappa shape index (κ2) is 3.56. The van der Waals surface area contributed by atoms with Gasteiger partial charge in [0.1, 0.15) is 0 Å². The number of hydrogen-bond donors (Lipinski definition) is 0. The van der Waals surface area contributed by atoms with Crippen LogP contribution in [0.1, 0.15) is 54.7 Å². The third-order valence-electron chi connectivity index (χ3n) is 3.34. The Balaban J connectivity index is 2.25. The number of aromatic nitrogens is 1. The number of fused-ring (bicyclic) bond motifs is 1. The summed E-state index contributed by atoms with van der Waals surface area (Å²) in [5.41, 5.74) is 4.25. The lowest BCUT2D eigenvalue weighted by Gasteiger charge is -2.08. The Morgan fingerprint density at radius 3 is 2.69 bits per heavy atom. The Morgan fingerprint density at radius 2 is 2.06 bits per heavy atom. The summed E-state index contributed by atoms with van der Waals surface area (Å²) >= 11 is 1.83. The Kier molecular flexibility index (Phi) is 2.28. The van der Waals surface area contributed by atoms with Crippen LogP contribution in [0.15, 0.2) is 12.1 Å². The number of nitrogens with zero attached hydrogens (tertiary/aromatic N) is 1. The van der Waals surface area contributed by atoms with Gasteiger partial charge in [0.2, 0.25) is 0 Å². The molecule has 0 N–H and O–H groups in total. The second-order valence-electron chi connectivity index (χ2n) is 5.12. The molecule has 1 aromatic heterocycles. The SMILES string of the molecule is Cc1nc2c(C3CC3)cc(C(C)C)cc2s1. The highest BCUT2D eigenvalue weighted by Gasteiger charge is 2.27. The quantitative estimate of drug-likeness (QED) is 0.735. The van der Waals surface area contributed by atoms with Gasteiger partial charge in [-0.05, 0) is 48.8 Å². The lowest BCUT2D eigenvalue weighted by atomic mass is 9.98. The maximum atomic E-state index is 4.69. The molecule has 1 aliphatic carbocycles. The van der Waals surface area contributed by atoms with Gasteiger partial charge in [-0.2, -0.15) is 0 Å². The van der Waals surface area contributed by atoms with Crippen molar-refractivity contribution in [2.45, 2.75) is 45.4 Å². The minimum Gasteiger partial charge on any atom is -0.241 e. The van der Waals surface area contributed by atoms with Crippen LogP contribution >= 0.6 is 11.3 Å². The van der Waals surface area contributed by atoms with Crippen LogP contribution in [0.25, 0.3) is 10.2 Å². The second-order valence-corrected chi connectivity index (χ2v) is 6.35. The first kappa shape index (κ1) is 10.3. The van der Waals surface area contributed by atoms with Gasteiger partial charge >= 0.3 is 0 Å². The molecule has 0 spiro atoms. The summed E-state index contributed by atoms with van der Waals surface area (Å²) in [7, 11) is 0. The van der Waals surface area contributed by atoms with Gasteiger partial charge in [0.25, 0.3) is 0 Å². The summed E-state index contributed by atoms with van der Waals surface area (Å²) in [6.07, 6.45) is 2.71. The first-order valence-corrected chi connectivity index (χ1v) is 6.88. The van der Waals surface area contributed by atoms with E-state index in [9.17, 15) is 0 Å². The molecule has 1 saturated carbocycles. The molecule has 1 fully saturated rings. The number of thiazole rings is 1. The molecule has 1 heterocycles. The third-order valence-corrected chi connectivity index (χ3v) is 4.26. The van der Waals surface area contributed by atoms with Gasteiger partial charge in [-0.1, -0.05) is 19.9 Å². The van der Waals surface area contributed by atoms with Gasteiger partial charge in [-0.3, -0.25) is 0 Å². The van der Waals surface area contributed by atoms with E-state index >= 15 is 0 Å². The van der Waals surface area contributed by atoms with Crippen LogP contribution in [0.3, 0.4) is 0 Å². The van der Waals surface area contributed by atoms with E-state index in [1.54, 1.807) is 0 Å². The van der Waals surface area contributed by atoms with Crippen molar-refractivity contribution in [3.8, 4) is 0 Å². The number of rotatable bonds is 2. The van der Waals surface area contributed by atoms with Crippen LogP contribution in [0, 0.1) is 6.92 Å². The van der Waals surface area contributed by atoms with Crippen LogP contribution in [0.2, 0.25) is 0 Å². The Morgan fingerprint density at radius 1 is 1.31 bits per heavy atom. The molecule has 0 atom stereocenters. The summed E-state index contributed by atoms with van der Waals surface area (Å²) in [6.45, 7) is 6.65. The average molecular weight is 231 g/mol. The summed E-state index contributed by atoms with van der Waals surface area (Å²) in [5, 5.41) is 1.19. The molecule has 2 aromatic rings. The van der Waals surface area contributed by atoms with Gasteiger partial charge in [-0.25, -0.2) is 4.98 Å². The maximum Gasteiger partial charge on any atom is 0.0907 e. The first-order valence-electron chi connectivity index (χ1n) is 6.06. The number of aryl methyl sites for hydroxylation is 1. The molecule has 84 valence electrons. The first-order chi connectivity index (χ1) is 7.65. The highest BCUT2D eigenvalue weighted by atomic mass is 32.1. The standard InChI is InChI=1S/C14H17NS/c1-8(2)11-6-12(10-4-5-10)14-13(7-11)16-9(3)15-14/h6-8,10H,4-5H2,1-3H3. The minimum absolute atomic E-state index is 0.615. The summed E-state index contributed by atoms with van der Waals surface area (Å²) < 4.78 is 1.38. The van der Waals surface area contributed by atoms with Crippen molar-refractivity contribution in [2.75, 3.05) is 0 Å². The molecule has 0 unspecified atom stereocenters. The smallest absolute Gasteiger partial charge is 0.0907 e. The zero-order valence-corrected chi connectivity index (χ0v) is 10.9. The Hall–Kier alpha value is -0.890. The number of benzene rings is 1. The topological polar surface area (TPSA) is 12.9 Å².